The second-order valence-electron chi connectivity index (χ2n) is 7.72. The highest BCUT2D eigenvalue weighted by atomic mass is 16.5. The Hall–Kier alpha value is -2.16. The normalized spacial score (nSPS) is 10.2. The molecule has 0 aliphatic carbocycles. The summed E-state index contributed by atoms with van der Waals surface area (Å²) in [6.45, 7) is 7.85. The third-order valence-electron chi connectivity index (χ3n) is 4.94. The zero-order valence-electron chi connectivity index (χ0n) is 20.5. The van der Waals surface area contributed by atoms with Gasteiger partial charge in [-0.2, -0.15) is 0 Å². The highest BCUT2D eigenvalue weighted by molar-refractivity contribution is 5.76. The molecule has 8 heteroatoms. The Balaban J connectivity index is 0.00000466. The number of nitrogens with one attached hydrogen (secondary N) is 2. The predicted molar refractivity (Wildman–Crippen MR) is 132 cm³/mol. The van der Waals surface area contributed by atoms with Crippen molar-refractivity contribution in [3.05, 3.63) is 29.8 Å². The molecule has 1 aromatic rings. The van der Waals surface area contributed by atoms with Crippen molar-refractivity contribution in [2.75, 3.05) is 45.2 Å². The summed E-state index contributed by atoms with van der Waals surface area (Å²) in [5.41, 5.74) is 9.35. The Morgan fingerprint density at radius 3 is 2.16 bits per heavy atom. The molecule has 8 nitrogen and oxygen atoms in total. The summed E-state index contributed by atoms with van der Waals surface area (Å²) in [7, 11) is 4.01. The zero-order valence-corrected chi connectivity index (χ0v) is 20.5. The first-order chi connectivity index (χ1) is 15.5. The van der Waals surface area contributed by atoms with E-state index < -0.39 is 5.91 Å². The number of unbranched alkanes of at least 4 members (excludes halogenated alkanes) is 2. The molecule has 0 aromatic heterocycles. The van der Waals surface area contributed by atoms with Crippen LogP contribution in [-0.4, -0.2) is 62.2 Å². The number of benzene rings is 1. The lowest BCUT2D eigenvalue weighted by molar-refractivity contribution is -0.133. The van der Waals surface area contributed by atoms with Crippen LogP contribution < -0.4 is 21.4 Å². The van der Waals surface area contributed by atoms with Gasteiger partial charge in [0.05, 0.1) is 0 Å². The van der Waals surface area contributed by atoms with Gasteiger partial charge in [-0.1, -0.05) is 26.0 Å². The number of carbonyl (C=O) groups excluding carboxylic acids is 2. The van der Waals surface area contributed by atoms with E-state index in [1.807, 2.05) is 37.7 Å². The molecule has 0 spiro atoms. The monoisotopic (exact) mass is 451 g/mol. The number of nitrogens with two attached hydrogens (primary N) is 1. The van der Waals surface area contributed by atoms with Crippen LogP contribution in [0.1, 0.15) is 64.4 Å². The van der Waals surface area contributed by atoms with E-state index in [4.69, 9.17) is 10.9 Å². The standard InChI is InChI=1S/C22H39N5O3.C2H6/c1-26(2)20-12-10-19(11-13-20)18-27(17-6-5-15-24-16-7-14-23)22(29)9-4-3-8-21(28)25-30;1-2/h10-13,24,30H,3-9,14-18,23H2,1-2H3,(H,25,28);1-2H3. The molecule has 0 atom stereocenters. The SMILES string of the molecule is CC.CN(C)c1ccc(CN(CCCCNCCCN)C(=O)CCCCC(=O)NO)cc1. The van der Waals surface area contributed by atoms with Gasteiger partial charge in [0.25, 0.3) is 0 Å². The second-order valence-corrected chi connectivity index (χ2v) is 7.72. The summed E-state index contributed by atoms with van der Waals surface area (Å²) >= 11 is 0. The minimum atomic E-state index is -0.414. The third-order valence-corrected chi connectivity index (χ3v) is 4.94. The molecule has 1 aromatic carbocycles. The first kappa shape index (κ1) is 29.8. The van der Waals surface area contributed by atoms with Gasteiger partial charge in [-0.15, -0.1) is 0 Å². The van der Waals surface area contributed by atoms with Gasteiger partial charge in [0.1, 0.15) is 0 Å². The third kappa shape index (κ3) is 14.0. The van der Waals surface area contributed by atoms with Gasteiger partial charge in [-0.25, -0.2) is 5.48 Å². The van der Waals surface area contributed by atoms with E-state index in [9.17, 15) is 9.59 Å². The molecule has 0 heterocycles. The minimum Gasteiger partial charge on any atom is -0.378 e. The van der Waals surface area contributed by atoms with E-state index in [1.54, 1.807) is 5.48 Å². The van der Waals surface area contributed by atoms with E-state index >= 15 is 0 Å². The van der Waals surface area contributed by atoms with Crippen LogP contribution in [0.4, 0.5) is 5.69 Å². The number of rotatable bonds is 16. The van der Waals surface area contributed by atoms with Crippen LogP contribution in [-0.2, 0) is 16.1 Å². The van der Waals surface area contributed by atoms with Crippen molar-refractivity contribution in [3.63, 3.8) is 0 Å². The van der Waals surface area contributed by atoms with Gasteiger partial charge >= 0.3 is 0 Å². The average molecular weight is 452 g/mol. The van der Waals surface area contributed by atoms with Crippen LogP contribution in [0.2, 0.25) is 0 Å². The van der Waals surface area contributed by atoms with Crippen LogP contribution in [0.25, 0.3) is 0 Å². The van der Waals surface area contributed by atoms with Crippen molar-refractivity contribution < 1.29 is 14.8 Å². The molecule has 0 fully saturated rings. The average Bonchev–Trinajstić information content (AvgIpc) is 2.81. The van der Waals surface area contributed by atoms with Crippen LogP contribution in [0, 0.1) is 0 Å². The molecule has 0 radical (unpaired) electrons. The first-order valence-electron chi connectivity index (χ1n) is 11.9. The smallest absolute Gasteiger partial charge is 0.243 e. The highest BCUT2D eigenvalue weighted by Gasteiger charge is 2.14. The lowest BCUT2D eigenvalue weighted by Crippen LogP contribution is -2.32. The van der Waals surface area contributed by atoms with E-state index in [0.717, 1.165) is 43.6 Å². The largest absolute Gasteiger partial charge is 0.378 e. The molecule has 0 saturated carbocycles. The van der Waals surface area contributed by atoms with Crippen molar-refractivity contribution >= 4 is 17.5 Å². The summed E-state index contributed by atoms with van der Waals surface area (Å²) in [6, 6.07) is 8.25. The number of amides is 2. The first-order valence-corrected chi connectivity index (χ1v) is 11.9. The molecule has 2 amide bonds. The van der Waals surface area contributed by atoms with Gasteiger partial charge in [-0.05, 0) is 69.4 Å². The maximum absolute atomic E-state index is 12.8. The molecule has 32 heavy (non-hydrogen) atoms. The minimum absolute atomic E-state index is 0.104. The Bertz CT molecular complexity index is 608. The van der Waals surface area contributed by atoms with Gasteiger partial charge in [0.2, 0.25) is 11.8 Å². The van der Waals surface area contributed by atoms with Gasteiger partial charge < -0.3 is 20.9 Å². The maximum Gasteiger partial charge on any atom is 0.243 e. The van der Waals surface area contributed by atoms with Crippen molar-refractivity contribution in [2.45, 2.75) is 65.3 Å². The summed E-state index contributed by atoms with van der Waals surface area (Å²) in [6.07, 6.45) is 4.75. The van der Waals surface area contributed by atoms with Crippen LogP contribution in [0.3, 0.4) is 0 Å². The van der Waals surface area contributed by atoms with E-state index in [1.165, 1.54) is 0 Å². The number of hydrogen-bond donors (Lipinski definition) is 4. The van der Waals surface area contributed by atoms with Crippen molar-refractivity contribution in [2.24, 2.45) is 5.73 Å². The van der Waals surface area contributed by atoms with Gasteiger partial charge in [0, 0.05) is 45.7 Å². The molecule has 0 saturated heterocycles. The highest BCUT2D eigenvalue weighted by Crippen LogP contribution is 2.15. The quantitative estimate of drug-likeness (QED) is 0.175. The Morgan fingerprint density at radius 1 is 0.938 bits per heavy atom. The van der Waals surface area contributed by atoms with E-state index in [-0.39, 0.29) is 12.3 Å². The summed E-state index contributed by atoms with van der Waals surface area (Å²) in [5.74, 6) is -0.311. The maximum atomic E-state index is 12.8. The topological polar surface area (TPSA) is 111 Å². The van der Waals surface area contributed by atoms with Crippen LogP contribution in [0.5, 0.6) is 0 Å². The van der Waals surface area contributed by atoms with E-state index in [2.05, 4.69) is 29.6 Å². The number of anilines is 1. The Labute approximate surface area is 194 Å². The number of hydroxylamine groups is 1. The molecular weight excluding hydrogens is 406 g/mol. The lowest BCUT2D eigenvalue weighted by Gasteiger charge is -2.23. The Kier molecular flexibility index (Phi) is 18.2. The molecule has 0 aliphatic heterocycles. The molecule has 0 aliphatic rings. The fourth-order valence-electron chi connectivity index (χ4n) is 3.09. The molecule has 0 bridgehead atoms. The summed E-state index contributed by atoms with van der Waals surface area (Å²) in [5, 5.41) is 11.9. The van der Waals surface area contributed by atoms with Crippen LogP contribution in [0.15, 0.2) is 24.3 Å². The number of nitrogens with zero attached hydrogens (tertiary/aromatic N) is 2. The van der Waals surface area contributed by atoms with Crippen molar-refractivity contribution in [1.29, 1.82) is 0 Å². The fraction of sp³-hybridized carbons (Fsp3) is 0.667. The molecule has 5 N–H and O–H groups in total. The fourth-order valence-corrected chi connectivity index (χ4v) is 3.09. The lowest BCUT2D eigenvalue weighted by atomic mass is 10.1. The molecule has 184 valence electrons. The van der Waals surface area contributed by atoms with Crippen molar-refractivity contribution in [1.82, 2.24) is 15.7 Å². The zero-order chi connectivity index (χ0) is 24.2. The predicted octanol–water partition coefficient (Wildman–Crippen LogP) is 2.89. The molecule has 1 rings (SSSR count). The van der Waals surface area contributed by atoms with Gasteiger partial charge in [0.15, 0.2) is 0 Å². The Morgan fingerprint density at radius 2 is 1.56 bits per heavy atom. The molecular formula is C24H45N5O3. The molecule has 0 unspecified atom stereocenters. The van der Waals surface area contributed by atoms with Crippen molar-refractivity contribution in [3.8, 4) is 0 Å². The van der Waals surface area contributed by atoms with E-state index in [0.29, 0.717) is 38.9 Å². The second kappa shape index (κ2) is 19.5. The number of hydrogen-bond acceptors (Lipinski definition) is 6. The van der Waals surface area contributed by atoms with Crippen LogP contribution >= 0.6 is 0 Å². The summed E-state index contributed by atoms with van der Waals surface area (Å²) in [4.78, 5) is 27.8. The van der Waals surface area contributed by atoms with Gasteiger partial charge in [-0.3, -0.25) is 14.8 Å². The number of carbonyl (C=O) groups is 2. The summed E-state index contributed by atoms with van der Waals surface area (Å²) < 4.78 is 0.